The van der Waals surface area contributed by atoms with Crippen LogP contribution in [0.3, 0.4) is 0 Å². The van der Waals surface area contributed by atoms with Crippen molar-refractivity contribution < 1.29 is 58.8 Å². The minimum Gasteiger partial charge on any atom is -0.544 e. The van der Waals surface area contributed by atoms with Crippen molar-refractivity contribution in [2.45, 2.75) is 82.8 Å². The zero-order chi connectivity index (χ0) is 19.2. The first kappa shape index (κ1) is 24.6. The molecule has 148 valence electrons. The summed E-state index contributed by atoms with van der Waals surface area (Å²) in [5, 5.41) is 29.0. The van der Waals surface area contributed by atoms with Gasteiger partial charge in [-0.25, -0.2) is 4.39 Å². The summed E-state index contributed by atoms with van der Waals surface area (Å²) in [6.07, 6.45) is 11.4. The zero-order valence-electron chi connectivity index (χ0n) is 16.4. The van der Waals surface area contributed by atoms with Gasteiger partial charge in [0.15, 0.2) is 6.17 Å². The Balaban J connectivity index is 0.00000364. The van der Waals surface area contributed by atoms with Gasteiger partial charge >= 0.3 is 29.6 Å². The number of alkyl halides is 1. The van der Waals surface area contributed by atoms with Crippen LogP contribution in [0, 0.1) is 11.8 Å². The number of allylic oxidation sites excluding steroid dienone is 4. The zero-order valence-corrected chi connectivity index (χ0v) is 18.4. The van der Waals surface area contributed by atoms with Crippen LogP contribution in [0.5, 0.6) is 0 Å². The Bertz CT molecular complexity index is 534. The predicted molar refractivity (Wildman–Crippen MR) is 93.4 cm³/mol. The molecule has 7 heteroatoms. The molecular formula is C20H30FNaO5. The Labute approximate surface area is 183 Å². The smallest absolute Gasteiger partial charge is 0.544 e. The van der Waals surface area contributed by atoms with E-state index in [1.165, 1.54) is 25.3 Å². The number of aliphatic carboxylic acids is 1. The predicted octanol–water partition coefficient (Wildman–Crippen LogP) is -0.625. The third kappa shape index (κ3) is 6.86. The van der Waals surface area contributed by atoms with E-state index in [0.29, 0.717) is 0 Å². The fraction of sp³-hybridized carbons (Fsp3) is 0.750. The van der Waals surface area contributed by atoms with E-state index < -0.39 is 24.3 Å². The van der Waals surface area contributed by atoms with Crippen LogP contribution < -0.4 is 34.7 Å². The normalized spacial score (nSPS) is 29.0. The molecule has 1 heterocycles. The van der Waals surface area contributed by atoms with E-state index in [1.54, 1.807) is 0 Å². The van der Waals surface area contributed by atoms with Crippen LogP contribution in [0.25, 0.3) is 0 Å². The number of unbranched alkanes of at least 4 members (excludes halogenated alkanes) is 4. The van der Waals surface area contributed by atoms with Gasteiger partial charge in [-0.3, -0.25) is 0 Å². The molecule has 0 bridgehead atoms. The Morgan fingerprint density at radius 2 is 2.04 bits per heavy atom. The van der Waals surface area contributed by atoms with Crippen LogP contribution in [0.15, 0.2) is 24.0 Å². The summed E-state index contributed by atoms with van der Waals surface area (Å²) in [4.78, 5) is 10.6. The number of carboxylic acids is 1. The SMILES string of the molecule is CCCCCCC=C[C@H]1CCC2OC(=CCCC(O)(O)C(=O)[O-])C(F)[C@@H]21.[Na+]. The molecule has 1 saturated heterocycles. The van der Waals surface area contributed by atoms with Gasteiger partial charge in [-0.1, -0.05) is 38.3 Å². The van der Waals surface area contributed by atoms with Crippen LogP contribution in [0.2, 0.25) is 0 Å². The van der Waals surface area contributed by atoms with Crippen LogP contribution in [0.1, 0.15) is 64.7 Å². The molecule has 5 nitrogen and oxygen atoms in total. The summed E-state index contributed by atoms with van der Waals surface area (Å²) in [6, 6.07) is 0. The molecule has 0 aromatic rings. The number of fused-ring (bicyclic) bond motifs is 1. The summed E-state index contributed by atoms with van der Waals surface area (Å²) in [6.45, 7) is 2.18. The molecule has 1 aliphatic heterocycles. The van der Waals surface area contributed by atoms with E-state index in [2.05, 4.69) is 19.1 Å². The number of rotatable bonds is 10. The molecule has 0 radical (unpaired) electrons. The number of hydrogen-bond donors (Lipinski definition) is 2. The van der Waals surface area contributed by atoms with Crippen molar-refractivity contribution in [2.24, 2.45) is 11.8 Å². The molecule has 4 atom stereocenters. The third-order valence-corrected chi connectivity index (χ3v) is 5.38. The maximum Gasteiger partial charge on any atom is 1.00 e. The largest absolute Gasteiger partial charge is 1.00 e. The van der Waals surface area contributed by atoms with Crippen LogP contribution >= 0.6 is 0 Å². The van der Waals surface area contributed by atoms with Gasteiger partial charge in [0.05, 0.1) is 0 Å². The first-order valence-corrected chi connectivity index (χ1v) is 9.70. The van der Waals surface area contributed by atoms with E-state index >= 15 is 0 Å². The molecule has 0 amide bonds. The van der Waals surface area contributed by atoms with Gasteiger partial charge in [-0.2, -0.15) is 0 Å². The van der Waals surface area contributed by atoms with E-state index in [9.17, 15) is 24.5 Å². The molecule has 1 saturated carbocycles. The van der Waals surface area contributed by atoms with E-state index in [4.69, 9.17) is 4.74 Å². The van der Waals surface area contributed by atoms with Crippen molar-refractivity contribution >= 4 is 5.97 Å². The van der Waals surface area contributed by atoms with Crippen LogP contribution in [-0.4, -0.2) is 34.2 Å². The summed E-state index contributed by atoms with van der Waals surface area (Å²) >= 11 is 0. The number of halogens is 1. The second-order valence-electron chi connectivity index (χ2n) is 7.40. The molecule has 0 aromatic carbocycles. The Morgan fingerprint density at radius 3 is 2.70 bits per heavy atom. The van der Waals surface area contributed by atoms with Gasteiger partial charge in [-0.15, -0.1) is 0 Å². The van der Waals surface area contributed by atoms with E-state index in [-0.39, 0.29) is 59.7 Å². The quantitative estimate of drug-likeness (QED) is 0.224. The summed E-state index contributed by atoms with van der Waals surface area (Å²) in [5.74, 6) is -4.72. The Morgan fingerprint density at radius 1 is 1.30 bits per heavy atom. The minimum atomic E-state index is -2.90. The summed E-state index contributed by atoms with van der Waals surface area (Å²) in [7, 11) is 0. The van der Waals surface area contributed by atoms with Crippen molar-refractivity contribution in [3.05, 3.63) is 24.0 Å². The van der Waals surface area contributed by atoms with Crippen molar-refractivity contribution in [3.8, 4) is 0 Å². The monoisotopic (exact) mass is 392 g/mol. The van der Waals surface area contributed by atoms with Crippen molar-refractivity contribution in [2.75, 3.05) is 0 Å². The standard InChI is InChI=1S/C20H31FO5.Na/c1-2-3-4-5-6-7-9-14-11-12-15-17(14)18(21)16(26-15)10-8-13-20(24,25)19(22)23;/h7,9-10,14-15,17-18,24-25H,2-6,8,11-13H2,1H3,(H,22,23);/q;+1/p-1/t14-,15?,17+,18?;/m0./s1. The minimum absolute atomic E-state index is 0. The number of carbonyl (C=O) groups is 1. The first-order valence-electron chi connectivity index (χ1n) is 9.70. The average molecular weight is 392 g/mol. The van der Waals surface area contributed by atoms with Crippen molar-refractivity contribution in [1.82, 2.24) is 0 Å². The average Bonchev–Trinajstić information content (AvgIpc) is 3.12. The van der Waals surface area contributed by atoms with E-state index in [0.717, 1.165) is 25.7 Å². The molecule has 2 N–H and O–H groups in total. The maximum absolute atomic E-state index is 14.8. The number of hydrogen-bond acceptors (Lipinski definition) is 5. The summed E-state index contributed by atoms with van der Waals surface area (Å²) < 4.78 is 20.5. The second kappa shape index (κ2) is 11.6. The van der Waals surface area contributed by atoms with Gasteiger partial charge in [0.25, 0.3) is 0 Å². The third-order valence-electron chi connectivity index (χ3n) is 5.38. The Kier molecular flexibility index (Phi) is 10.6. The van der Waals surface area contributed by atoms with E-state index in [1.807, 2.05) is 0 Å². The van der Waals surface area contributed by atoms with Crippen LogP contribution in [-0.2, 0) is 9.53 Å². The van der Waals surface area contributed by atoms with Gasteiger partial charge in [-0.05, 0) is 44.1 Å². The molecule has 2 aliphatic rings. The van der Waals surface area contributed by atoms with Gasteiger partial charge in [0.2, 0.25) is 5.79 Å². The Hall–Kier alpha value is -0.400. The number of carboxylic acid groups (broad SMARTS) is 1. The maximum atomic E-state index is 14.8. The van der Waals surface area contributed by atoms with Crippen LogP contribution in [0.4, 0.5) is 4.39 Å². The topological polar surface area (TPSA) is 89.8 Å². The first-order chi connectivity index (χ1) is 12.4. The van der Waals surface area contributed by atoms with Crippen molar-refractivity contribution in [1.29, 1.82) is 0 Å². The number of aliphatic hydroxyl groups is 2. The van der Waals surface area contributed by atoms with Crippen molar-refractivity contribution in [3.63, 3.8) is 0 Å². The fourth-order valence-corrected chi connectivity index (χ4v) is 3.85. The molecule has 1 aliphatic carbocycles. The fourth-order valence-electron chi connectivity index (χ4n) is 3.85. The second-order valence-corrected chi connectivity index (χ2v) is 7.40. The molecule has 2 unspecified atom stereocenters. The molecule has 2 rings (SSSR count). The van der Waals surface area contributed by atoms with Gasteiger partial charge in [0, 0.05) is 12.3 Å². The number of ether oxygens (including phenoxy) is 1. The molecule has 27 heavy (non-hydrogen) atoms. The molecular weight excluding hydrogens is 362 g/mol. The van der Waals surface area contributed by atoms with Gasteiger partial charge < -0.3 is 24.9 Å². The molecule has 0 aromatic heterocycles. The number of carbonyl (C=O) groups excluding carboxylic acids is 1. The van der Waals surface area contributed by atoms with Gasteiger partial charge in [0.1, 0.15) is 17.8 Å². The summed E-state index contributed by atoms with van der Waals surface area (Å²) in [5.41, 5.74) is 0. The molecule has 0 spiro atoms. The molecule has 2 fully saturated rings.